The summed E-state index contributed by atoms with van der Waals surface area (Å²) >= 11 is 1.85. The van der Waals surface area contributed by atoms with Gasteiger partial charge in [0.25, 0.3) is 11.5 Å². The SMILES string of the molecule is Cc1cc(Nc2nn(C3(CC#N)CCC(C(=O)OC(C)(C)C)OC3)c3cc[nH]c(=O)c23)ccc1C(=O)N1CCSCC1. The van der Waals surface area contributed by atoms with Gasteiger partial charge in [0.1, 0.15) is 11.0 Å². The van der Waals surface area contributed by atoms with Crippen LogP contribution in [0.4, 0.5) is 11.5 Å². The number of H-pyrrole nitrogens is 1. The highest BCUT2D eigenvalue weighted by Gasteiger charge is 2.43. The summed E-state index contributed by atoms with van der Waals surface area (Å²) in [4.78, 5) is 43.4. The topological polar surface area (TPSA) is 142 Å². The second-order valence-electron chi connectivity index (χ2n) is 11.8. The summed E-state index contributed by atoms with van der Waals surface area (Å²) in [6, 6.07) is 9.47. The normalized spacial score (nSPS) is 21.1. The van der Waals surface area contributed by atoms with Crippen molar-refractivity contribution >= 4 is 46.0 Å². The number of benzene rings is 1. The van der Waals surface area contributed by atoms with Crippen LogP contribution in [-0.2, 0) is 19.8 Å². The molecule has 11 nitrogen and oxygen atoms in total. The zero-order valence-electron chi connectivity index (χ0n) is 24.4. The van der Waals surface area contributed by atoms with Crippen LogP contribution in [-0.4, -0.2) is 74.4 Å². The standard InChI is InChI=1S/C30H36N6O5S/c1-19-17-20(5-6-21(19)27(38)35-13-15-42-16-14-35)33-25-24-22(8-12-32-26(24)37)36(34-25)30(10-11-31)9-7-23(40-18-30)28(39)41-29(2,3)4/h5-6,8,12,17,23H,7,9-10,13-16,18H2,1-4H3,(H,32,37)(H,33,34). The third-order valence-corrected chi connectivity index (χ3v) is 8.52. The van der Waals surface area contributed by atoms with E-state index in [9.17, 15) is 19.6 Å². The summed E-state index contributed by atoms with van der Waals surface area (Å²) in [6.45, 7) is 8.83. The van der Waals surface area contributed by atoms with Crippen LogP contribution in [0.2, 0.25) is 0 Å². The maximum Gasteiger partial charge on any atom is 0.335 e. The summed E-state index contributed by atoms with van der Waals surface area (Å²) in [5, 5.41) is 18.2. The second kappa shape index (κ2) is 11.8. The van der Waals surface area contributed by atoms with Gasteiger partial charge in [-0.3, -0.25) is 14.3 Å². The third kappa shape index (κ3) is 6.03. The minimum absolute atomic E-state index is 0.0194. The lowest BCUT2D eigenvalue weighted by Gasteiger charge is -2.39. The molecule has 2 aliphatic heterocycles. The van der Waals surface area contributed by atoms with Crippen molar-refractivity contribution in [3.05, 3.63) is 51.9 Å². The van der Waals surface area contributed by atoms with Crippen LogP contribution in [0.15, 0.2) is 35.3 Å². The Morgan fingerprint density at radius 1 is 1.29 bits per heavy atom. The molecule has 5 rings (SSSR count). The second-order valence-corrected chi connectivity index (χ2v) is 13.0. The minimum Gasteiger partial charge on any atom is -0.458 e. The van der Waals surface area contributed by atoms with E-state index in [1.165, 1.54) is 0 Å². The molecule has 2 atom stereocenters. The van der Waals surface area contributed by atoms with Crippen molar-refractivity contribution in [2.45, 2.75) is 64.2 Å². The van der Waals surface area contributed by atoms with Gasteiger partial charge in [-0.2, -0.15) is 22.1 Å². The third-order valence-electron chi connectivity index (χ3n) is 7.57. The molecule has 0 radical (unpaired) electrons. The lowest BCUT2D eigenvalue weighted by molar-refractivity contribution is -0.176. The number of nitrogens with zero attached hydrogens (tertiary/aromatic N) is 4. The fourth-order valence-electron chi connectivity index (χ4n) is 5.47. The predicted molar refractivity (Wildman–Crippen MR) is 161 cm³/mol. The largest absolute Gasteiger partial charge is 0.458 e. The van der Waals surface area contributed by atoms with E-state index in [0.717, 1.165) is 30.2 Å². The van der Waals surface area contributed by atoms with Gasteiger partial charge in [-0.1, -0.05) is 0 Å². The molecule has 4 heterocycles. The molecule has 3 aromatic rings. The number of amides is 1. The molecule has 0 aliphatic carbocycles. The molecule has 2 aliphatic rings. The molecule has 2 N–H and O–H groups in total. The Bertz CT molecular complexity index is 1590. The first-order valence-electron chi connectivity index (χ1n) is 14.1. The van der Waals surface area contributed by atoms with Gasteiger partial charge in [-0.05, 0) is 70.4 Å². The number of hydrogen-bond donors (Lipinski definition) is 2. The number of pyridine rings is 1. The molecule has 2 aromatic heterocycles. The number of ether oxygens (including phenoxy) is 2. The first-order valence-corrected chi connectivity index (χ1v) is 15.2. The number of fused-ring (bicyclic) bond motifs is 1. The number of aromatic amines is 1. The molecular formula is C30H36N6O5S. The maximum atomic E-state index is 13.1. The van der Waals surface area contributed by atoms with Crippen LogP contribution < -0.4 is 10.9 Å². The zero-order valence-corrected chi connectivity index (χ0v) is 25.2. The highest BCUT2D eigenvalue weighted by atomic mass is 32.2. The van der Waals surface area contributed by atoms with Crippen LogP contribution in [0.1, 0.15) is 56.0 Å². The number of anilines is 2. The number of esters is 1. The van der Waals surface area contributed by atoms with Crippen molar-refractivity contribution in [3.8, 4) is 6.07 Å². The smallest absolute Gasteiger partial charge is 0.335 e. The number of hydrogen-bond acceptors (Lipinski definition) is 9. The molecular weight excluding hydrogens is 556 g/mol. The Balaban J connectivity index is 1.44. The van der Waals surface area contributed by atoms with Crippen molar-refractivity contribution in [2.24, 2.45) is 0 Å². The van der Waals surface area contributed by atoms with Gasteiger partial charge in [0.05, 0.1) is 30.2 Å². The van der Waals surface area contributed by atoms with Gasteiger partial charge in [0, 0.05) is 42.0 Å². The highest BCUT2D eigenvalue weighted by molar-refractivity contribution is 7.99. The van der Waals surface area contributed by atoms with Crippen LogP contribution in [0.3, 0.4) is 0 Å². The molecule has 222 valence electrons. The van der Waals surface area contributed by atoms with Crippen molar-refractivity contribution in [3.63, 3.8) is 0 Å². The number of aromatic nitrogens is 3. The zero-order chi connectivity index (χ0) is 30.1. The van der Waals surface area contributed by atoms with E-state index in [2.05, 4.69) is 16.4 Å². The maximum absolute atomic E-state index is 13.1. The summed E-state index contributed by atoms with van der Waals surface area (Å²) in [6.07, 6.45) is 1.64. The van der Waals surface area contributed by atoms with Gasteiger partial charge < -0.3 is 24.7 Å². The van der Waals surface area contributed by atoms with E-state index in [4.69, 9.17) is 14.6 Å². The minimum atomic E-state index is -0.891. The van der Waals surface area contributed by atoms with E-state index in [0.29, 0.717) is 40.8 Å². The van der Waals surface area contributed by atoms with Crippen LogP contribution in [0, 0.1) is 18.3 Å². The van der Waals surface area contributed by atoms with E-state index < -0.39 is 23.2 Å². The molecule has 12 heteroatoms. The van der Waals surface area contributed by atoms with Crippen LogP contribution in [0.5, 0.6) is 0 Å². The Morgan fingerprint density at radius 3 is 2.69 bits per heavy atom. The lowest BCUT2D eigenvalue weighted by Crippen LogP contribution is -2.47. The van der Waals surface area contributed by atoms with E-state index in [1.807, 2.05) is 29.7 Å². The molecule has 0 saturated carbocycles. The molecule has 1 amide bonds. The number of carbonyl (C=O) groups is 2. The Morgan fingerprint density at radius 2 is 2.05 bits per heavy atom. The first-order chi connectivity index (χ1) is 20.0. The number of nitrogens with one attached hydrogen (secondary N) is 2. The number of rotatable bonds is 6. The van der Waals surface area contributed by atoms with Gasteiger partial charge in [-0.15, -0.1) is 0 Å². The number of carbonyl (C=O) groups excluding carboxylic acids is 2. The molecule has 2 saturated heterocycles. The van der Waals surface area contributed by atoms with Gasteiger partial charge in [0.15, 0.2) is 11.9 Å². The predicted octanol–water partition coefficient (Wildman–Crippen LogP) is 4.10. The van der Waals surface area contributed by atoms with E-state index in [1.54, 1.807) is 49.8 Å². The Labute approximate surface area is 248 Å². The highest BCUT2D eigenvalue weighted by Crippen LogP contribution is 2.37. The molecule has 2 unspecified atom stereocenters. The summed E-state index contributed by atoms with van der Waals surface area (Å²) < 4.78 is 13.2. The Hall–Kier alpha value is -3.82. The fraction of sp³-hybridized carbons (Fsp3) is 0.500. The van der Waals surface area contributed by atoms with Gasteiger partial charge >= 0.3 is 5.97 Å². The number of thioether (sulfide) groups is 1. The first kappa shape index (κ1) is 29.7. The van der Waals surface area contributed by atoms with Crippen molar-refractivity contribution in [1.29, 1.82) is 5.26 Å². The summed E-state index contributed by atoms with van der Waals surface area (Å²) in [5.74, 6) is 1.79. The molecule has 0 spiro atoms. The molecule has 1 aromatic carbocycles. The average molecular weight is 593 g/mol. The lowest BCUT2D eigenvalue weighted by atomic mass is 9.87. The van der Waals surface area contributed by atoms with Crippen molar-refractivity contribution in [1.82, 2.24) is 19.7 Å². The monoisotopic (exact) mass is 592 g/mol. The van der Waals surface area contributed by atoms with E-state index >= 15 is 0 Å². The van der Waals surface area contributed by atoms with Crippen LogP contribution >= 0.6 is 11.8 Å². The fourth-order valence-corrected chi connectivity index (χ4v) is 6.38. The number of aryl methyl sites for hydroxylation is 1. The van der Waals surface area contributed by atoms with Gasteiger partial charge in [-0.25, -0.2) is 4.79 Å². The summed E-state index contributed by atoms with van der Waals surface area (Å²) in [5.41, 5.74) is 0.817. The van der Waals surface area contributed by atoms with Crippen molar-refractivity contribution in [2.75, 3.05) is 36.5 Å². The summed E-state index contributed by atoms with van der Waals surface area (Å²) in [7, 11) is 0. The van der Waals surface area contributed by atoms with Crippen LogP contribution in [0.25, 0.3) is 10.9 Å². The Kier molecular flexibility index (Phi) is 8.35. The van der Waals surface area contributed by atoms with Gasteiger partial charge in [0.2, 0.25) is 0 Å². The molecule has 0 bridgehead atoms. The quantitative estimate of drug-likeness (QED) is 0.405. The van der Waals surface area contributed by atoms with Crippen molar-refractivity contribution < 1.29 is 19.1 Å². The average Bonchev–Trinajstić information content (AvgIpc) is 3.33. The van der Waals surface area contributed by atoms with E-state index in [-0.39, 0.29) is 24.5 Å². The number of nitriles is 1. The molecule has 42 heavy (non-hydrogen) atoms. The molecule has 2 fully saturated rings.